The van der Waals surface area contributed by atoms with Crippen molar-refractivity contribution in [2.45, 2.75) is 85.0 Å². The fourth-order valence-corrected chi connectivity index (χ4v) is 10.1. The molecule has 2 aromatic heterocycles. The Balaban J connectivity index is 1.17. The van der Waals surface area contributed by atoms with Gasteiger partial charge in [-0.3, -0.25) is 0 Å². The maximum absolute atomic E-state index is 6.72. The third kappa shape index (κ3) is 5.45. The van der Waals surface area contributed by atoms with E-state index in [-0.39, 0.29) is 21.7 Å². The number of hydrogen-bond donors (Lipinski definition) is 0. The standard InChI is InChI=1S/C50H48N4O.Pt/c1-47(2,3)35-26-27-51-44(29-35)54-43-31-39(24-22-33(43)28-34-23-25-40-45(46(34)54)49(6,7)50(8,9)48(40,4)5)55-38-19-15-18-37(30-38)53-32-52(36-16-11-10-12-17-36)41-20-13-14-21-42(41)53;/h10-27,29H,28H2,1-9H3;/q-2;. The van der Waals surface area contributed by atoms with Crippen molar-refractivity contribution >= 4 is 28.2 Å². The van der Waals surface area contributed by atoms with Crippen molar-refractivity contribution in [3.8, 4) is 22.9 Å². The van der Waals surface area contributed by atoms with Gasteiger partial charge in [-0.25, -0.2) is 0 Å². The molecule has 0 spiro atoms. The van der Waals surface area contributed by atoms with Crippen LogP contribution in [0.4, 0.5) is 17.2 Å². The number of fused-ring (bicyclic) bond motifs is 5. The number of hydrogen-bond acceptors (Lipinski definition) is 3. The Hall–Kier alpha value is -4.99. The molecule has 0 N–H and O–H groups in total. The number of imidazole rings is 1. The van der Waals surface area contributed by atoms with Crippen LogP contribution in [-0.4, -0.2) is 14.1 Å². The first-order valence-electron chi connectivity index (χ1n) is 19.5. The van der Waals surface area contributed by atoms with Gasteiger partial charge in [0.15, 0.2) is 0 Å². The molecular formula is C50H48N4OPt-2. The number of ether oxygens (including phenoxy) is 1. The second-order valence-electron chi connectivity index (χ2n) is 18.0. The molecule has 0 radical (unpaired) electrons. The molecular weight excluding hydrogens is 868 g/mol. The van der Waals surface area contributed by atoms with Crippen LogP contribution in [0.15, 0.2) is 115 Å². The Morgan fingerprint density at radius 1 is 0.696 bits per heavy atom. The van der Waals surface area contributed by atoms with Gasteiger partial charge in [-0.2, -0.15) is 0 Å². The summed E-state index contributed by atoms with van der Waals surface area (Å²) in [5, 5.41) is 0. The molecule has 5 aromatic carbocycles. The summed E-state index contributed by atoms with van der Waals surface area (Å²) < 4.78 is 12.3. The van der Waals surface area contributed by atoms with Crippen molar-refractivity contribution in [2.75, 3.05) is 4.90 Å². The molecule has 0 saturated heterocycles. The predicted molar refractivity (Wildman–Crippen MR) is 224 cm³/mol. The van der Waals surface area contributed by atoms with Gasteiger partial charge in [-0.05, 0) is 38.9 Å². The van der Waals surface area contributed by atoms with E-state index in [4.69, 9.17) is 9.72 Å². The van der Waals surface area contributed by atoms with Gasteiger partial charge in [0.25, 0.3) is 0 Å². The Kier molecular flexibility index (Phi) is 8.35. The van der Waals surface area contributed by atoms with E-state index >= 15 is 0 Å². The van der Waals surface area contributed by atoms with E-state index in [1.165, 1.54) is 33.5 Å². The minimum absolute atomic E-state index is 0.00286. The van der Waals surface area contributed by atoms with Crippen molar-refractivity contribution in [1.29, 1.82) is 0 Å². The molecule has 1 aliphatic carbocycles. The average molecular weight is 916 g/mol. The third-order valence-electron chi connectivity index (χ3n) is 13.3. The summed E-state index contributed by atoms with van der Waals surface area (Å²) in [6.45, 7) is 21.3. The summed E-state index contributed by atoms with van der Waals surface area (Å²) in [6.07, 6.45) is 2.77. The zero-order valence-electron chi connectivity index (χ0n) is 33.7. The molecule has 3 heterocycles. The molecule has 5 nitrogen and oxygen atoms in total. The summed E-state index contributed by atoms with van der Waals surface area (Å²) >= 11 is 2.42. The van der Waals surface area contributed by atoms with Crippen LogP contribution in [0.5, 0.6) is 11.5 Å². The first-order chi connectivity index (χ1) is 26.6. The second kappa shape index (κ2) is 12.8. The molecule has 9 rings (SSSR count). The van der Waals surface area contributed by atoms with Crippen LogP contribution in [-0.2, 0) is 42.0 Å². The minimum atomic E-state index is -0.114. The summed E-state index contributed by atoms with van der Waals surface area (Å²) in [7, 11) is 0. The number of pyridine rings is 1. The Labute approximate surface area is 342 Å². The van der Waals surface area contributed by atoms with E-state index in [2.05, 4.69) is 199 Å². The number of benzene rings is 5. The van der Waals surface area contributed by atoms with Gasteiger partial charge >= 0.3 is 224 Å². The summed E-state index contributed by atoms with van der Waals surface area (Å²) in [5.41, 5.74) is 12.8. The average Bonchev–Trinajstić information content (AvgIpc) is 3.52. The van der Waals surface area contributed by atoms with Crippen LogP contribution in [0.2, 0.25) is 0 Å². The molecule has 286 valence electrons. The van der Waals surface area contributed by atoms with Crippen molar-refractivity contribution in [2.24, 2.45) is 5.41 Å². The van der Waals surface area contributed by atoms with E-state index in [0.29, 0.717) is 11.5 Å². The first kappa shape index (κ1) is 36.6. The Bertz CT molecular complexity index is 2750. The van der Waals surface area contributed by atoms with Crippen LogP contribution >= 0.6 is 0 Å². The quantitative estimate of drug-likeness (QED) is 0.161. The molecule has 0 bridgehead atoms. The van der Waals surface area contributed by atoms with Crippen molar-refractivity contribution in [3.63, 3.8) is 0 Å². The van der Waals surface area contributed by atoms with E-state index < -0.39 is 0 Å². The van der Waals surface area contributed by atoms with Crippen LogP contribution in [0.1, 0.15) is 90.1 Å². The van der Waals surface area contributed by atoms with Crippen molar-refractivity contribution < 1.29 is 24.1 Å². The van der Waals surface area contributed by atoms with Gasteiger partial charge in [-0.1, -0.05) is 74.4 Å². The summed E-state index contributed by atoms with van der Waals surface area (Å²) in [6, 6.07) is 45.9. The Morgan fingerprint density at radius 2 is 1.38 bits per heavy atom. The number of rotatable bonds is 5. The zero-order chi connectivity index (χ0) is 39.4. The number of nitrogens with zero attached hydrogens (tertiary/aromatic N) is 4. The molecule has 1 aliphatic heterocycles. The second-order valence-corrected chi connectivity index (χ2v) is 19.0. The normalized spacial score (nSPS) is 16.4. The molecule has 6 heteroatoms. The Morgan fingerprint density at radius 3 is 2.11 bits per heavy atom. The number of aromatic nitrogens is 3. The molecule has 0 unspecified atom stereocenters. The predicted octanol–water partition coefficient (Wildman–Crippen LogP) is 12.6. The zero-order valence-corrected chi connectivity index (χ0v) is 36.0. The van der Waals surface area contributed by atoms with E-state index in [9.17, 15) is 0 Å². The van der Waals surface area contributed by atoms with Crippen LogP contribution in [0.25, 0.3) is 22.4 Å². The van der Waals surface area contributed by atoms with E-state index in [1.807, 2.05) is 24.4 Å². The molecule has 0 atom stereocenters. The van der Waals surface area contributed by atoms with E-state index in [1.54, 1.807) is 0 Å². The topological polar surface area (TPSA) is 35.2 Å². The molecule has 7 aromatic rings. The van der Waals surface area contributed by atoms with Crippen molar-refractivity contribution in [1.82, 2.24) is 14.1 Å². The van der Waals surface area contributed by atoms with Crippen LogP contribution in [0, 0.1) is 21.4 Å². The van der Waals surface area contributed by atoms with Crippen LogP contribution in [0.3, 0.4) is 0 Å². The smallest absolute Gasteiger partial charge is 0.0582 e. The van der Waals surface area contributed by atoms with Gasteiger partial charge in [0.1, 0.15) is 0 Å². The van der Waals surface area contributed by atoms with E-state index in [0.717, 1.165) is 44.1 Å². The molecule has 56 heavy (non-hydrogen) atoms. The molecule has 2 aliphatic rings. The molecule has 0 fully saturated rings. The number of anilines is 3. The minimum Gasteiger partial charge on any atom is -0.0582 e. The fraction of sp³-hybridized carbons (Fsp3) is 0.280. The number of para-hydroxylation sites is 3. The molecule has 0 amide bonds. The fourth-order valence-electron chi connectivity index (χ4n) is 8.97. The van der Waals surface area contributed by atoms with Gasteiger partial charge in [0, 0.05) is 6.20 Å². The molecule has 0 saturated carbocycles. The first-order valence-corrected chi connectivity index (χ1v) is 20.7. The van der Waals surface area contributed by atoms with Gasteiger partial charge < -0.3 is 0 Å². The maximum atomic E-state index is 6.72. The monoisotopic (exact) mass is 915 g/mol. The van der Waals surface area contributed by atoms with Gasteiger partial charge in [-0.15, -0.1) is 0 Å². The van der Waals surface area contributed by atoms with Crippen molar-refractivity contribution in [3.05, 3.63) is 159 Å². The van der Waals surface area contributed by atoms with Gasteiger partial charge in [0.2, 0.25) is 0 Å². The SMILES string of the molecule is CC(C)(C)c1ccnc(N2c3[c-]c(Oc4[c-]c(-n5[c](=[Pt])n(-c6ccccc6)c6ccccc65)ccc4)ccc3Cc3ccc4c(c32)C(C)(C)C(C)(C)C4(C)C)c1. The summed E-state index contributed by atoms with van der Waals surface area (Å²) in [5.74, 6) is 2.16. The van der Waals surface area contributed by atoms with Gasteiger partial charge in [0.05, 0.1) is 0 Å². The summed E-state index contributed by atoms with van der Waals surface area (Å²) in [4.78, 5) is 7.47. The third-order valence-corrected chi connectivity index (χ3v) is 14.3. The van der Waals surface area contributed by atoms with Crippen LogP contribution < -0.4 is 9.64 Å².